The van der Waals surface area contributed by atoms with E-state index in [2.05, 4.69) is 5.32 Å². The molecule has 4 heterocycles. The van der Waals surface area contributed by atoms with Crippen molar-refractivity contribution in [1.29, 1.82) is 0 Å². The zero-order valence-corrected chi connectivity index (χ0v) is 36.1. The molecule has 61 heavy (non-hydrogen) atoms. The highest BCUT2D eigenvalue weighted by molar-refractivity contribution is 6.32. The predicted octanol–water partition coefficient (Wildman–Crippen LogP) is 5.31. The summed E-state index contributed by atoms with van der Waals surface area (Å²) in [7, 11) is 1.43. The molecule has 0 spiro atoms. The zero-order chi connectivity index (χ0) is 44.7. The van der Waals surface area contributed by atoms with Gasteiger partial charge in [0.15, 0.2) is 0 Å². The lowest BCUT2D eigenvalue weighted by Gasteiger charge is -2.36. The third-order valence-electron chi connectivity index (χ3n) is 12.6. The van der Waals surface area contributed by atoms with Gasteiger partial charge in [-0.2, -0.15) is 0 Å². The highest BCUT2D eigenvalue weighted by Gasteiger charge is 2.53. The van der Waals surface area contributed by atoms with E-state index in [1.807, 2.05) is 6.92 Å². The molecular formula is C47H56N2O12. The Morgan fingerprint density at radius 3 is 2.10 bits per heavy atom. The number of aryl methyl sites for hydroxylation is 1. The minimum absolute atomic E-state index is 0.0617. The first-order valence-electron chi connectivity index (χ1n) is 20.7. The SMILES string of the molecule is CO[C@H]1C=CO[C@@]2(C)Oc3c(C)c(OC(=O)c4ccc(C)cc4)c4c(c3C2=O)C(=O)C(N2CCCC2)=C(NC(=O)C(C)=CC=C[C@H](C)[C@H](O)[C@@H](C)[C@H](O)[C@H](C)[C@H](O)[C@@H]1C)C4=O. The average molecular weight is 841 g/mol. The minimum Gasteiger partial charge on any atom is -0.454 e. The second kappa shape index (κ2) is 17.9. The van der Waals surface area contributed by atoms with Crippen molar-refractivity contribution < 1.29 is 58.2 Å². The van der Waals surface area contributed by atoms with Gasteiger partial charge in [0, 0.05) is 61.9 Å². The van der Waals surface area contributed by atoms with E-state index in [4.69, 9.17) is 18.9 Å². The summed E-state index contributed by atoms with van der Waals surface area (Å²) in [5, 5.41) is 36.7. The van der Waals surface area contributed by atoms with E-state index in [-0.39, 0.29) is 56.3 Å². The number of hydrogen-bond acceptors (Lipinski definition) is 13. The van der Waals surface area contributed by atoms with Gasteiger partial charge in [-0.05, 0) is 51.8 Å². The summed E-state index contributed by atoms with van der Waals surface area (Å²) in [6, 6.07) is 6.54. The Labute approximate surface area is 355 Å². The minimum atomic E-state index is -2.10. The number of aliphatic hydroxyl groups is 3. The number of carbonyl (C=O) groups excluding carboxylic acids is 5. The number of fused-ring (bicyclic) bond motifs is 14. The van der Waals surface area contributed by atoms with Crippen molar-refractivity contribution in [3.8, 4) is 11.5 Å². The number of rotatable bonds is 4. The van der Waals surface area contributed by atoms with Crippen LogP contribution in [-0.2, 0) is 14.3 Å². The molecule has 14 heteroatoms. The summed E-state index contributed by atoms with van der Waals surface area (Å²) in [5.41, 5.74) is -0.160. The quantitative estimate of drug-likeness (QED) is 0.229. The van der Waals surface area contributed by atoms with E-state index in [0.29, 0.717) is 25.9 Å². The van der Waals surface area contributed by atoms with Gasteiger partial charge in [0.05, 0.1) is 52.9 Å². The number of nitrogens with one attached hydrogen (secondary N) is 1. The molecule has 4 aliphatic heterocycles. The molecule has 0 saturated carbocycles. The Kier molecular flexibility index (Phi) is 13.2. The molecule has 0 aromatic heterocycles. The first kappa shape index (κ1) is 45.1. The predicted molar refractivity (Wildman–Crippen MR) is 224 cm³/mol. The summed E-state index contributed by atoms with van der Waals surface area (Å²) in [5.74, 6) is -9.00. The van der Waals surface area contributed by atoms with Crippen molar-refractivity contribution in [2.24, 2.45) is 23.7 Å². The number of carbonyl (C=O) groups is 5. The third kappa shape index (κ3) is 8.46. The molecule has 1 saturated heterocycles. The lowest BCUT2D eigenvalue weighted by atomic mass is 9.78. The van der Waals surface area contributed by atoms with Crippen LogP contribution in [0.4, 0.5) is 0 Å². The van der Waals surface area contributed by atoms with Crippen molar-refractivity contribution in [2.45, 2.75) is 98.4 Å². The first-order chi connectivity index (χ1) is 28.8. The van der Waals surface area contributed by atoms with Crippen LogP contribution < -0.4 is 14.8 Å². The van der Waals surface area contributed by atoms with Crippen molar-refractivity contribution in [3.05, 3.63) is 105 Å². The Bertz CT molecular complexity index is 2230. The lowest BCUT2D eigenvalue weighted by Crippen LogP contribution is -2.45. The molecule has 0 radical (unpaired) electrons. The normalized spacial score (nSPS) is 30.0. The van der Waals surface area contributed by atoms with E-state index in [0.717, 1.165) is 5.56 Å². The maximum atomic E-state index is 15.1. The lowest BCUT2D eigenvalue weighted by molar-refractivity contribution is -0.116. The molecule has 1 aliphatic carbocycles. The van der Waals surface area contributed by atoms with Gasteiger partial charge in [-0.25, -0.2) is 4.79 Å². The molecule has 2 aromatic rings. The van der Waals surface area contributed by atoms with Crippen LogP contribution >= 0.6 is 0 Å². The molecule has 326 valence electrons. The summed E-state index contributed by atoms with van der Waals surface area (Å²) < 4.78 is 23.9. The topological polar surface area (TPSA) is 198 Å². The van der Waals surface area contributed by atoms with Gasteiger partial charge >= 0.3 is 11.8 Å². The van der Waals surface area contributed by atoms with Gasteiger partial charge in [0.2, 0.25) is 11.6 Å². The van der Waals surface area contributed by atoms with Crippen molar-refractivity contribution in [1.82, 2.24) is 10.2 Å². The highest BCUT2D eigenvalue weighted by Crippen LogP contribution is 2.50. The van der Waals surface area contributed by atoms with E-state index >= 15 is 9.59 Å². The molecular weight excluding hydrogens is 785 g/mol. The fraction of sp³-hybridized carbons (Fsp3) is 0.468. The average Bonchev–Trinajstić information content (AvgIpc) is 3.86. The van der Waals surface area contributed by atoms with Gasteiger partial charge in [0.1, 0.15) is 22.9 Å². The van der Waals surface area contributed by atoms with Crippen LogP contribution in [-0.4, -0.2) is 99.8 Å². The van der Waals surface area contributed by atoms with Gasteiger partial charge in [0.25, 0.3) is 11.7 Å². The Morgan fingerprint density at radius 1 is 0.836 bits per heavy atom. The van der Waals surface area contributed by atoms with Crippen LogP contribution in [0.2, 0.25) is 0 Å². The summed E-state index contributed by atoms with van der Waals surface area (Å²) in [6.07, 6.45) is 4.73. The molecule has 2 aromatic carbocycles. The number of likely N-dealkylation sites (tertiary alicyclic amines) is 1. The second-order valence-corrected chi connectivity index (χ2v) is 16.9. The Hall–Kier alpha value is -5.41. The van der Waals surface area contributed by atoms with Crippen molar-refractivity contribution in [2.75, 3.05) is 20.2 Å². The van der Waals surface area contributed by atoms with E-state index in [1.165, 1.54) is 46.3 Å². The van der Waals surface area contributed by atoms with Crippen LogP contribution in [0.5, 0.6) is 11.5 Å². The van der Waals surface area contributed by atoms with E-state index < -0.39 is 83.1 Å². The largest absolute Gasteiger partial charge is 0.454 e. The number of allylic oxidation sites excluding steroid dienone is 4. The number of methoxy groups -OCH3 is 1. The van der Waals surface area contributed by atoms with Crippen LogP contribution in [0.15, 0.2) is 71.8 Å². The smallest absolute Gasteiger partial charge is 0.343 e. The third-order valence-corrected chi connectivity index (χ3v) is 12.6. The van der Waals surface area contributed by atoms with Gasteiger partial charge < -0.3 is 44.5 Å². The maximum Gasteiger partial charge on any atom is 0.343 e. The molecule has 1 fully saturated rings. The summed E-state index contributed by atoms with van der Waals surface area (Å²) in [4.78, 5) is 74.1. The van der Waals surface area contributed by atoms with Crippen LogP contribution in [0.3, 0.4) is 0 Å². The molecule has 0 unspecified atom stereocenters. The van der Waals surface area contributed by atoms with E-state index in [1.54, 1.807) is 69.0 Å². The number of esters is 1. The number of benzene rings is 2. The van der Waals surface area contributed by atoms with E-state index in [9.17, 15) is 29.7 Å². The standard InChI is InChI=1S/C47H56N2O12/c1-23-15-17-30(18-16-23)46(57)60-42-29(7)43-34-32-33(42)40(53)35(36(41(32)54)49-20-10-11-21-49)48-45(56)25(3)14-12-13-24(2)37(50)27(5)39(52)28(6)38(51)26(4)31(58-9)19-22-59-47(8,61-43)44(34)55/h12-19,22,24,26-28,31,37-39,50-52H,10-11,20-21H2,1-9H3,(H,48,56)/t24-,26+,27+,28+,31-,37-,38+,39-,47-/m0/s1. The fourth-order valence-corrected chi connectivity index (χ4v) is 8.48. The number of amides is 1. The number of nitrogens with zero attached hydrogens (tertiary/aromatic N) is 1. The van der Waals surface area contributed by atoms with Crippen LogP contribution in [0.25, 0.3) is 0 Å². The van der Waals surface area contributed by atoms with Gasteiger partial charge in [-0.15, -0.1) is 0 Å². The number of Topliss-reactive ketones (excluding diaryl/α,β-unsaturated/α-hetero) is 3. The van der Waals surface area contributed by atoms with Crippen molar-refractivity contribution >= 4 is 29.2 Å². The molecule has 1 amide bonds. The summed E-state index contributed by atoms with van der Waals surface area (Å²) >= 11 is 0. The number of hydrogen-bond donors (Lipinski definition) is 4. The Balaban J connectivity index is 1.54. The number of ketones is 3. The monoisotopic (exact) mass is 840 g/mol. The second-order valence-electron chi connectivity index (χ2n) is 16.9. The van der Waals surface area contributed by atoms with Gasteiger partial charge in [-0.1, -0.05) is 63.6 Å². The highest BCUT2D eigenvalue weighted by atomic mass is 16.7. The van der Waals surface area contributed by atoms with Crippen LogP contribution in [0, 0.1) is 37.5 Å². The van der Waals surface area contributed by atoms with Gasteiger partial charge in [-0.3, -0.25) is 19.2 Å². The molecule has 5 aliphatic rings. The first-order valence-corrected chi connectivity index (χ1v) is 20.7. The molecule has 7 rings (SSSR count). The molecule has 14 nitrogen and oxygen atoms in total. The van der Waals surface area contributed by atoms with Crippen LogP contribution in [0.1, 0.15) is 107 Å². The number of ether oxygens (including phenoxy) is 4. The fourth-order valence-electron chi connectivity index (χ4n) is 8.48. The van der Waals surface area contributed by atoms with Crippen molar-refractivity contribution in [3.63, 3.8) is 0 Å². The summed E-state index contributed by atoms with van der Waals surface area (Å²) in [6.45, 7) is 13.8. The number of aliphatic hydroxyl groups excluding tert-OH is 3. The molecule has 4 N–H and O–H groups in total. The molecule has 9 atom stereocenters. The maximum absolute atomic E-state index is 15.1. The Morgan fingerprint density at radius 2 is 1.46 bits per heavy atom. The zero-order valence-electron chi connectivity index (χ0n) is 36.1. The molecule has 5 bridgehead atoms.